The topological polar surface area (TPSA) is 58.6 Å². The Kier molecular flexibility index (Phi) is 5.65. The SMILES string of the molecule is Cc1cc(C(=O)NCCCO)ccc1OC(C)C. The van der Waals surface area contributed by atoms with E-state index in [0.717, 1.165) is 11.3 Å². The number of ether oxygens (including phenoxy) is 1. The molecule has 0 saturated carbocycles. The minimum Gasteiger partial charge on any atom is -0.491 e. The summed E-state index contributed by atoms with van der Waals surface area (Å²) in [4.78, 5) is 11.8. The molecule has 4 nitrogen and oxygen atoms in total. The molecule has 1 amide bonds. The molecule has 0 aliphatic carbocycles. The number of aliphatic hydroxyl groups excluding tert-OH is 1. The van der Waals surface area contributed by atoms with Crippen molar-refractivity contribution in [3.05, 3.63) is 29.3 Å². The average molecular weight is 251 g/mol. The highest BCUT2D eigenvalue weighted by molar-refractivity contribution is 5.94. The lowest BCUT2D eigenvalue weighted by Crippen LogP contribution is -2.25. The van der Waals surface area contributed by atoms with Crippen molar-refractivity contribution < 1.29 is 14.6 Å². The van der Waals surface area contributed by atoms with E-state index in [9.17, 15) is 4.79 Å². The van der Waals surface area contributed by atoms with Crippen LogP contribution in [0.25, 0.3) is 0 Å². The normalized spacial score (nSPS) is 10.5. The van der Waals surface area contributed by atoms with Crippen molar-refractivity contribution in [1.29, 1.82) is 0 Å². The molecule has 0 bridgehead atoms. The third-order valence-electron chi connectivity index (χ3n) is 2.42. The molecule has 0 aliphatic heterocycles. The molecular weight excluding hydrogens is 230 g/mol. The van der Waals surface area contributed by atoms with E-state index >= 15 is 0 Å². The zero-order chi connectivity index (χ0) is 13.5. The Labute approximate surface area is 108 Å². The van der Waals surface area contributed by atoms with Crippen LogP contribution in [-0.4, -0.2) is 30.3 Å². The van der Waals surface area contributed by atoms with Gasteiger partial charge in [0.05, 0.1) is 6.10 Å². The van der Waals surface area contributed by atoms with E-state index in [2.05, 4.69) is 5.32 Å². The molecule has 0 fully saturated rings. The highest BCUT2D eigenvalue weighted by Crippen LogP contribution is 2.20. The molecular formula is C14H21NO3. The summed E-state index contributed by atoms with van der Waals surface area (Å²) in [6.07, 6.45) is 0.687. The molecule has 0 saturated heterocycles. The van der Waals surface area contributed by atoms with Crippen LogP contribution in [0.15, 0.2) is 18.2 Å². The number of aliphatic hydroxyl groups is 1. The Balaban J connectivity index is 2.68. The predicted octanol–water partition coefficient (Wildman–Crippen LogP) is 1.89. The van der Waals surface area contributed by atoms with Gasteiger partial charge in [0.25, 0.3) is 5.91 Å². The Bertz CT molecular complexity index is 402. The number of hydrogen-bond donors (Lipinski definition) is 2. The van der Waals surface area contributed by atoms with Gasteiger partial charge in [0.15, 0.2) is 0 Å². The van der Waals surface area contributed by atoms with E-state index < -0.39 is 0 Å². The van der Waals surface area contributed by atoms with Crippen LogP contribution in [0, 0.1) is 6.92 Å². The van der Waals surface area contributed by atoms with Crippen molar-refractivity contribution in [3.8, 4) is 5.75 Å². The fraction of sp³-hybridized carbons (Fsp3) is 0.500. The third-order valence-corrected chi connectivity index (χ3v) is 2.42. The maximum absolute atomic E-state index is 11.8. The van der Waals surface area contributed by atoms with Crippen molar-refractivity contribution in [2.24, 2.45) is 0 Å². The second-order valence-corrected chi connectivity index (χ2v) is 4.48. The second kappa shape index (κ2) is 7.01. The molecule has 100 valence electrons. The summed E-state index contributed by atoms with van der Waals surface area (Å²) < 4.78 is 5.61. The first-order valence-electron chi connectivity index (χ1n) is 6.21. The quantitative estimate of drug-likeness (QED) is 0.759. The summed E-state index contributed by atoms with van der Waals surface area (Å²) in [6, 6.07) is 5.38. The molecule has 0 aliphatic rings. The van der Waals surface area contributed by atoms with Gasteiger partial charge in [0, 0.05) is 18.7 Å². The maximum atomic E-state index is 11.8. The molecule has 4 heteroatoms. The Morgan fingerprint density at radius 2 is 2.17 bits per heavy atom. The zero-order valence-corrected chi connectivity index (χ0v) is 11.2. The molecule has 0 unspecified atom stereocenters. The summed E-state index contributed by atoms with van der Waals surface area (Å²) in [6.45, 7) is 6.42. The highest BCUT2D eigenvalue weighted by Gasteiger charge is 2.08. The summed E-state index contributed by atoms with van der Waals surface area (Å²) in [5, 5.41) is 11.4. The van der Waals surface area contributed by atoms with Crippen molar-refractivity contribution in [2.75, 3.05) is 13.2 Å². The lowest BCUT2D eigenvalue weighted by molar-refractivity contribution is 0.0951. The van der Waals surface area contributed by atoms with Crippen LogP contribution in [0.4, 0.5) is 0 Å². The second-order valence-electron chi connectivity index (χ2n) is 4.48. The highest BCUT2D eigenvalue weighted by atomic mass is 16.5. The molecule has 0 heterocycles. The van der Waals surface area contributed by atoms with Gasteiger partial charge in [-0.15, -0.1) is 0 Å². The Hall–Kier alpha value is -1.55. The van der Waals surface area contributed by atoms with Gasteiger partial charge in [0.1, 0.15) is 5.75 Å². The first-order valence-corrected chi connectivity index (χ1v) is 6.21. The van der Waals surface area contributed by atoms with E-state index in [1.165, 1.54) is 0 Å². The fourth-order valence-electron chi connectivity index (χ4n) is 1.56. The summed E-state index contributed by atoms with van der Waals surface area (Å²) in [5.74, 6) is 0.680. The number of carbonyl (C=O) groups excluding carboxylic acids is 1. The van der Waals surface area contributed by atoms with Crippen LogP contribution >= 0.6 is 0 Å². The zero-order valence-electron chi connectivity index (χ0n) is 11.2. The minimum absolute atomic E-state index is 0.0838. The van der Waals surface area contributed by atoms with E-state index in [1.54, 1.807) is 6.07 Å². The first-order chi connectivity index (χ1) is 8.54. The summed E-state index contributed by atoms with van der Waals surface area (Å²) >= 11 is 0. The number of nitrogens with one attached hydrogen (secondary N) is 1. The van der Waals surface area contributed by atoms with Crippen LogP contribution in [-0.2, 0) is 0 Å². The van der Waals surface area contributed by atoms with Gasteiger partial charge >= 0.3 is 0 Å². The molecule has 0 atom stereocenters. The first kappa shape index (κ1) is 14.5. The van der Waals surface area contributed by atoms with E-state index in [1.807, 2.05) is 32.9 Å². The molecule has 1 aromatic carbocycles. The molecule has 0 radical (unpaired) electrons. The van der Waals surface area contributed by atoms with E-state index in [4.69, 9.17) is 9.84 Å². The predicted molar refractivity (Wildman–Crippen MR) is 71.0 cm³/mol. The van der Waals surface area contributed by atoms with Crippen LogP contribution in [0.2, 0.25) is 0 Å². The monoisotopic (exact) mass is 251 g/mol. The van der Waals surface area contributed by atoms with Gasteiger partial charge in [0.2, 0.25) is 0 Å². The van der Waals surface area contributed by atoms with Gasteiger partial charge in [-0.1, -0.05) is 0 Å². The maximum Gasteiger partial charge on any atom is 0.251 e. The standard InChI is InChI=1S/C14H21NO3/c1-10(2)18-13-6-5-12(9-11(13)3)14(17)15-7-4-8-16/h5-6,9-10,16H,4,7-8H2,1-3H3,(H,15,17). The largest absolute Gasteiger partial charge is 0.491 e. The van der Waals surface area contributed by atoms with Gasteiger partial charge in [-0.05, 0) is 51.0 Å². The molecule has 2 N–H and O–H groups in total. The summed E-state index contributed by atoms with van der Waals surface area (Å²) in [5.41, 5.74) is 1.56. The minimum atomic E-state index is -0.123. The number of amides is 1. The molecule has 18 heavy (non-hydrogen) atoms. The fourth-order valence-corrected chi connectivity index (χ4v) is 1.56. The lowest BCUT2D eigenvalue weighted by Gasteiger charge is -2.13. The van der Waals surface area contributed by atoms with Crippen molar-refractivity contribution in [1.82, 2.24) is 5.32 Å². The van der Waals surface area contributed by atoms with Crippen LogP contribution < -0.4 is 10.1 Å². The summed E-state index contributed by atoms with van der Waals surface area (Å²) in [7, 11) is 0. The molecule has 0 aromatic heterocycles. The van der Waals surface area contributed by atoms with Crippen molar-refractivity contribution in [3.63, 3.8) is 0 Å². The van der Waals surface area contributed by atoms with Gasteiger partial charge in [-0.3, -0.25) is 4.79 Å². The van der Waals surface area contributed by atoms with Crippen LogP contribution in [0.5, 0.6) is 5.75 Å². The van der Waals surface area contributed by atoms with Gasteiger partial charge in [-0.25, -0.2) is 0 Å². The Morgan fingerprint density at radius 3 is 2.72 bits per heavy atom. The van der Waals surface area contributed by atoms with Crippen molar-refractivity contribution in [2.45, 2.75) is 33.3 Å². The Morgan fingerprint density at radius 1 is 1.44 bits per heavy atom. The van der Waals surface area contributed by atoms with Crippen LogP contribution in [0.1, 0.15) is 36.2 Å². The lowest BCUT2D eigenvalue weighted by atomic mass is 10.1. The molecule has 0 spiro atoms. The number of carbonyl (C=O) groups is 1. The number of aryl methyl sites for hydroxylation is 1. The van der Waals surface area contributed by atoms with Gasteiger partial charge in [-0.2, -0.15) is 0 Å². The number of rotatable bonds is 6. The smallest absolute Gasteiger partial charge is 0.251 e. The molecule has 1 aromatic rings. The number of hydrogen-bond acceptors (Lipinski definition) is 3. The van der Waals surface area contributed by atoms with Crippen LogP contribution in [0.3, 0.4) is 0 Å². The van der Waals surface area contributed by atoms with E-state index in [-0.39, 0.29) is 18.6 Å². The van der Waals surface area contributed by atoms with Crippen molar-refractivity contribution >= 4 is 5.91 Å². The van der Waals surface area contributed by atoms with Gasteiger partial charge < -0.3 is 15.2 Å². The molecule has 1 rings (SSSR count). The average Bonchev–Trinajstić information content (AvgIpc) is 2.31. The number of benzene rings is 1. The third kappa shape index (κ3) is 4.37. The van der Waals surface area contributed by atoms with E-state index in [0.29, 0.717) is 18.5 Å².